The minimum atomic E-state index is -0.982. The van der Waals surface area contributed by atoms with Crippen LogP contribution in [0.2, 0.25) is 0 Å². The summed E-state index contributed by atoms with van der Waals surface area (Å²) in [4.78, 5) is 24.6. The molecule has 114 valence electrons. The molecule has 2 rings (SSSR count). The minimum Gasteiger partial charge on any atom is -0.480 e. The van der Waals surface area contributed by atoms with Crippen LogP contribution in [0, 0.1) is 5.82 Å². The maximum Gasteiger partial charge on any atom is 0.322 e. The van der Waals surface area contributed by atoms with E-state index in [0.717, 1.165) is 0 Å². The van der Waals surface area contributed by atoms with Gasteiger partial charge in [-0.05, 0) is 18.2 Å². The van der Waals surface area contributed by atoms with E-state index in [0.29, 0.717) is 17.6 Å². The third-order valence-electron chi connectivity index (χ3n) is 3.19. The van der Waals surface area contributed by atoms with Crippen molar-refractivity contribution in [1.29, 1.82) is 0 Å². The summed E-state index contributed by atoms with van der Waals surface area (Å²) >= 11 is 3.13. The predicted octanol–water partition coefficient (Wildman–Crippen LogP) is 0.885. The van der Waals surface area contributed by atoms with Crippen molar-refractivity contribution in [3.05, 3.63) is 28.5 Å². The maximum absolute atomic E-state index is 13.6. The van der Waals surface area contributed by atoms with Crippen molar-refractivity contribution < 1.29 is 19.1 Å². The number of nitrogens with zero attached hydrogens (tertiary/aromatic N) is 1. The van der Waals surface area contributed by atoms with E-state index in [1.807, 2.05) is 0 Å². The fourth-order valence-electron chi connectivity index (χ4n) is 2.14. The number of carboxylic acid groups (broad SMARTS) is 1. The fraction of sp³-hybridized carbons (Fsp3) is 0.385. The number of rotatable bonds is 4. The van der Waals surface area contributed by atoms with Gasteiger partial charge in [0.25, 0.3) is 0 Å². The Morgan fingerprint density at radius 3 is 2.95 bits per heavy atom. The Morgan fingerprint density at radius 2 is 2.29 bits per heavy atom. The zero-order chi connectivity index (χ0) is 15.4. The summed E-state index contributed by atoms with van der Waals surface area (Å²) in [6.45, 7) is 1.26. The molecule has 1 aromatic carbocycles. The first kappa shape index (κ1) is 15.9. The van der Waals surface area contributed by atoms with Crippen molar-refractivity contribution in [2.45, 2.75) is 6.04 Å². The molecule has 1 atom stereocenters. The van der Waals surface area contributed by atoms with Gasteiger partial charge in [0, 0.05) is 24.1 Å². The van der Waals surface area contributed by atoms with Gasteiger partial charge >= 0.3 is 5.97 Å². The average Bonchev–Trinajstić information content (AvgIpc) is 2.42. The highest BCUT2D eigenvalue weighted by molar-refractivity contribution is 9.10. The predicted molar refractivity (Wildman–Crippen MR) is 78.6 cm³/mol. The number of carboxylic acids is 1. The fourth-order valence-corrected chi connectivity index (χ4v) is 2.48. The minimum absolute atomic E-state index is 0.0743. The van der Waals surface area contributed by atoms with Crippen LogP contribution in [0.25, 0.3) is 0 Å². The molecule has 3 N–H and O–H groups in total. The third-order valence-corrected chi connectivity index (χ3v) is 3.68. The number of carbonyl (C=O) groups is 2. The summed E-state index contributed by atoms with van der Waals surface area (Å²) in [7, 11) is 0. The summed E-state index contributed by atoms with van der Waals surface area (Å²) in [5.41, 5.74) is 0.0743. The summed E-state index contributed by atoms with van der Waals surface area (Å²) < 4.78 is 14.2. The molecular weight excluding hydrogens is 345 g/mol. The zero-order valence-corrected chi connectivity index (χ0v) is 12.7. The van der Waals surface area contributed by atoms with Gasteiger partial charge in [-0.1, -0.05) is 15.9 Å². The molecule has 1 amide bonds. The Kier molecular flexibility index (Phi) is 5.27. The molecule has 8 heteroatoms. The van der Waals surface area contributed by atoms with E-state index in [1.54, 1.807) is 11.0 Å². The number of anilines is 1. The lowest BCUT2D eigenvalue weighted by Crippen LogP contribution is -2.56. The Bertz CT molecular complexity index is 555. The Balaban J connectivity index is 1.98. The topological polar surface area (TPSA) is 81.7 Å². The van der Waals surface area contributed by atoms with Crippen LogP contribution in [0.4, 0.5) is 10.1 Å². The van der Waals surface area contributed by atoms with Gasteiger partial charge in [-0.25, -0.2) is 4.39 Å². The molecule has 1 aliphatic rings. The van der Waals surface area contributed by atoms with E-state index in [9.17, 15) is 14.0 Å². The summed E-state index contributed by atoms with van der Waals surface area (Å²) in [6, 6.07) is 3.56. The number of hydrogen-bond donors (Lipinski definition) is 3. The summed E-state index contributed by atoms with van der Waals surface area (Å²) in [5, 5.41) is 14.5. The monoisotopic (exact) mass is 359 g/mol. The first-order valence-electron chi connectivity index (χ1n) is 6.40. The second-order valence-corrected chi connectivity index (χ2v) is 5.62. The molecular formula is C13H15BrFN3O3. The number of hydrogen-bond acceptors (Lipinski definition) is 4. The first-order valence-corrected chi connectivity index (χ1v) is 7.19. The molecule has 0 bridgehead atoms. The van der Waals surface area contributed by atoms with Crippen LogP contribution < -0.4 is 10.6 Å². The summed E-state index contributed by atoms with van der Waals surface area (Å²) in [5.74, 6) is -1.97. The molecule has 0 saturated carbocycles. The van der Waals surface area contributed by atoms with Gasteiger partial charge in [-0.2, -0.15) is 0 Å². The molecule has 1 saturated heterocycles. The van der Waals surface area contributed by atoms with Crippen LogP contribution in [0.5, 0.6) is 0 Å². The molecule has 6 nitrogen and oxygen atoms in total. The van der Waals surface area contributed by atoms with E-state index in [4.69, 9.17) is 5.11 Å². The van der Waals surface area contributed by atoms with Crippen LogP contribution in [-0.4, -0.2) is 54.1 Å². The van der Waals surface area contributed by atoms with Crippen molar-refractivity contribution in [2.75, 3.05) is 31.5 Å². The lowest BCUT2D eigenvalue weighted by Gasteiger charge is -2.32. The maximum atomic E-state index is 13.6. The van der Waals surface area contributed by atoms with E-state index < -0.39 is 23.7 Å². The van der Waals surface area contributed by atoms with Gasteiger partial charge in [0.15, 0.2) is 0 Å². The van der Waals surface area contributed by atoms with Crippen LogP contribution >= 0.6 is 15.9 Å². The van der Waals surface area contributed by atoms with Crippen LogP contribution in [0.1, 0.15) is 0 Å². The van der Waals surface area contributed by atoms with Crippen molar-refractivity contribution in [3.63, 3.8) is 0 Å². The Labute approximate surface area is 129 Å². The normalized spacial score (nSPS) is 19.2. The third kappa shape index (κ3) is 4.23. The quantitative estimate of drug-likeness (QED) is 0.743. The number of amides is 1. The highest BCUT2D eigenvalue weighted by Gasteiger charge is 2.29. The molecule has 0 radical (unpaired) electrons. The van der Waals surface area contributed by atoms with Gasteiger partial charge in [0.05, 0.1) is 12.2 Å². The largest absolute Gasteiger partial charge is 0.480 e. The molecule has 1 unspecified atom stereocenters. The van der Waals surface area contributed by atoms with Crippen LogP contribution in [0.3, 0.4) is 0 Å². The van der Waals surface area contributed by atoms with Crippen molar-refractivity contribution in [2.24, 2.45) is 0 Å². The van der Waals surface area contributed by atoms with Crippen LogP contribution in [-0.2, 0) is 9.59 Å². The Morgan fingerprint density at radius 1 is 1.52 bits per heavy atom. The van der Waals surface area contributed by atoms with E-state index in [-0.39, 0.29) is 18.8 Å². The number of halogens is 2. The smallest absolute Gasteiger partial charge is 0.322 e. The second-order valence-electron chi connectivity index (χ2n) is 4.70. The molecule has 1 aromatic rings. The molecule has 1 heterocycles. The number of nitrogens with one attached hydrogen (secondary N) is 2. The van der Waals surface area contributed by atoms with E-state index in [2.05, 4.69) is 26.6 Å². The van der Waals surface area contributed by atoms with Gasteiger partial charge < -0.3 is 15.7 Å². The van der Waals surface area contributed by atoms with Gasteiger partial charge in [-0.15, -0.1) is 0 Å². The van der Waals surface area contributed by atoms with Crippen LogP contribution in [0.15, 0.2) is 22.7 Å². The van der Waals surface area contributed by atoms with Gasteiger partial charge in [0.1, 0.15) is 11.9 Å². The highest BCUT2D eigenvalue weighted by atomic mass is 79.9. The van der Waals surface area contributed by atoms with Crippen molar-refractivity contribution in [1.82, 2.24) is 10.2 Å². The molecule has 21 heavy (non-hydrogen) atoms. The molecule has 0 aromatic heterocycles. The molecule has 0 spiro atoms. The molecule has 0 aliphatic carbocycles. The molecule has 1 aliphatic heterocycles. The van der Waals surface area contributed by atoms with E-state index >= 15 is 0 Å². The number of carbonyl (C=O) groups excluding carboxylic acids is 1. The number of piperazine rings is 1. The molecule has 1 fully saturated rings. The number of aliphatic carboxylic acids is 1. The SMILES string of the molecule is O=C(CN1CCNCC1C(=O)O)Nc1ccc(Br)cc1F. The van der Waals surface area contributed by atoms with E-state index in [1.165, 1.54) is 12.1 Å². The average molecular weight is 360 g/mol. The van der Waals surface area contributed by atoms with Crippen molar-refractivity contribution >= 4 is 33.5 Å². The second kappa shape index (κ2) is 6.97. The lowest BCUT2D eigenvalue weighted by atomic mass is 10.2. The number of benzene rings is 1. The van der Waals surface area contributed by atoms with Gasteiger partial charge in [0.2, 0.25) is 5.91 Å². The standard InChI is InChI=1S/C13H15BrFN3O3/c14-8-1-2-10(9(15)5-8)17-12(19)7-18-4-3-16-6-11(18)13(20)21/h1-2,5,11,16H,3-4,6-7H2,(H,17,19)(H,20,21). The lowest BCUT2D eigenvalue weighted by molar-refractivity contribution is -0.144. The zero-order valence-electron chi connectivity index (χ0n) is 11.1. The highest BCUT2D eigenvalue weighted by Crippen LogP contribution is 2.19. The van der Waals surface area contributed by atoms with Crippen molar-refractivity contribution in [3.8, 4) is 0 Å². The van der Waals surface area contributed by atoms with Gasteiger partial charge in [-0.3, -0.25) is 14.5 Å². The Hall–Kier alpha value is -1.51. The first-order chi connectivity index (χ1) is 9.97. The summed E-state index contributed by atoms with van der Waals surface area (Å²) in [6.07, 6.45) is 0.